The molecular formula is C18H21N3O2. The fourth-order valence-corrected chi connectivity index (χ4v) is 3.19. The second-order valence-corrected chi connectivity index (χ2v) is 6.09. The zero-order valence-electron chi connectivity index (χ0n) is 13.1. The Morgan fingerprint density at radius 1 is 1.30 bits per heavy atom. The van der Waals surface area contributed by atoms with Crippen molar-refractivity contribution < 1.29 is 9.90 Å². The summed E-state index contributed by atoms with van der Waals surface area (Å²) in [7, 11) is 0. The zero-order chi connectivity index (χ0) is 16.2. The average Bonchev–Trinajstić information content (AvgIpc) is 2.94. The lowest BCUT2D eigenvalue weighted by atomic mass is 10.1. The molecule has 0 aliphatic carbocycles. The Hall–Kier alpha value is -2.16. The maximum Gasteiger partial charge on any atom is 0.178 e. The molecule has 1 aromatic heterocycles. The van der Waals surface area contributed by atoms with Gasteiger partial charge in [0.1, 0.15) is 0 Å². The fourth-order valence-electron chi connectivity index (χ4n) is 3.19. The summed E-state index contributed by atoms with van der Waals surface area (Å²) in [5.74, 6) is 0.105. The summed E-state index contributed by atoms with van der Waals surface area (Å²) in [6.07, 6.45) is 3.54. The van der Waals surface area contributed by atoms with Gasteiger partial charge in [0.15, 0.2) is 5.78 Å². The number of Topliss-reactive ketones (excluding diaryl/α,β-unsaturated/α-hetero) is 1. The number of carbonyl (C=O) groups excluding carboxylic acids is 1. The number of fused-ring (bicyclic) bond motifs is 1. The highest BCUT2D eigenvalue weighted by Gasteiger charge is 2.21. The number of para-hydroxylation sites is 1. The van der Waals surface area contributed by atoms with Gasteiger partial charge in [-0.1, -0.05) is 18.2 Å². The Morgan fingerprint density at radius 3 is 2.78 bits per heavy atom. The van der Waals surface area contributed by atoms with Gasteiger partial charge in [0.2, 0.25) is 0 Å². The largest absolute Gasteiger partial charge is 0.393 e. The highest BCUT2D eigenvalue weighted by molar-refractivity contribution is 6.09. The number of nitriles is 1. The van der Waals surface area contributed by atoms with Crippen LogP contribution in [0.5, 0.6) is 0 Å². The molecule has 1 N–H and O–H groups in total. The van der Waals surface area contributed by atoms with Gasteiger partial charge in [-0.25, -0.2) is 0 Å². The van der Waals surface area contributed by atoms with Gasteiger partial charge in [-0.2, -0.15) is 5.26 Å². The Kier molecular flexibility index (Phi) is 4.75. The summed E-state index contributed by atoms with van der Waals surface area (Å²) < 4.78 is 1.99. The number of hydrogen-bond donors (Lipinski definition) is 1. The van der Waals surface area contributed by atoms with Gasteiger partial charge >= 0.3 is 0 Å². The van der Waals surface area contributed by atoms with Crippen LogP contribution in [0, 0.1) is 11.3 Å². The van der Waals surface area contributed by atoms with Gasteiger partial charge in [-0.15, -0.1) is 0 Å². The third kappa shape index (κ3) is 3.44. The third-order valence-electron chi connectivity index (χ3n) is 4.48. The molecule has 0 unspecified atom stereocenters. The molecule has 1 aromatic carbocycles. The second kappa shape index (κ2) is 6.95. The van der Waals surface area contributed by atoms with E-state index in [2.05, 4.69) is 11.0 Å². The van der Waals surface area contributed by atoms with Crippen LogP contribution in [0.15, 0.2) is 30.5 Å². The lowest BCUT2D eigenvalue weighted by molar-refractivity contribution is 0.0712. The molecule has 0 spiro atoms. The number of aromatic nitrogens is 1. The highest BCUT2D eigenvalue weighted by Crippen LogP contribution is 2.23. The number of ketones is 1. The van der Waals surface area contributed by atoms with E-state index < -0.39 is 0 Å². The number of benzene rings is 1. The number of rotatable bonds is 5. The Balaban J connectivity index is 1.81. The van der Waals surface area contributed by atoms with Crippen LogP contribution in [0.2, 0.25) is 0 Å². The molecule has 5 heteroatoms. The number of likely N-dealkylation sites (tertiary alicyclic amines) is 1. The molecule has 23 heavy (non-hydrogen) atoms. The first kappa shape index (κ1) is 15.7. The molecule has 0 bridgehead atoms. The first-order chi connectivity index (χ1) is 11.2. The van der Waals surface area contributed by atoms with E-state index in [0.29, 0.717) is 19.5 Å². The third-order valence-corrected chi connectivity index (χ3v) is 4.48. The number of aliphatic hydroxyl groups excluding tert-OH is 1. The number of hydrogen-bond acceptors (Lipinski definition) is 4. The molecular weight excluding hydrogens is 290 g/mol. The van der Waals surface area contributed by atoms with Crippen molar-refractivity contribution in [2.45, 2.75) is 31.9 Å². The molecule has 1 saturated heterocycles. The average molecular weight is 311 g/mol. The molecule has 3 rings (SSSR count). The van der Waals surface area contributed by atoms with Crippen molar-refractivity contribution in [3.05, 3.63) is 36.0 Å². The Morgan fingerprint density at radius 2 is 2.04 bits per heavy atom. The fraction of sp³-hybridized carbons (Fsp3) is 0.444. The van der Waals surface area contributed by atoms with Crippen LogP contribution in [0.4, 0.5) is 0 Å². The van der Waals surface area contributed by atoms with Crippen molar-refractivity contribution in [2.24, 2.45) is 0 Å². The van der Waals surface area contributed by atoms with Gasteiger partial charge in [-0.3, -0.25) is 9.69 Å². The topological polar surface area (TPSA) is 69.3 Å². The van der Waals surface area contributed by atoms with Crippen LogP contribution in [0.1, 0.15) is 29.6 Å². The lowest BCUT2D eigenvalue weighted by Gasteiger charge is -2.28. The van der Waals surface area contributed by atoms with E-state index in [0.717, 1.165) is 42.4 Å². The minimum Gasteiger partial charge on any atom is -0.393 e. The van der Waals surface area contributed by atoms with Gasteiger partial charge < -0.3 is 9.67 Å². The van der Waals surface area contributed by atoms with E-state index in [1.54, 1.807) is 0 Å². The van der Waals surface area contributed by atoms with Crippen LogP contribution in [-0.4, -0.2) is 46.1 Å². The van der Waals surface area contributed by atoms with Crippen molar-refractivity contribution in [1.29, 1.82) is 5.26 Å². The van der Waals surface area contributed by atoms with Crippen LogP contribution in [0.25, 0.3) is 10.9 Å². The lowest BCUT2D eigenvalue weighted by Crippen LogP contribution is -2.39. The van der Waals surface area contributed by atoms with Gasteiger partial charge in [-0.05, 0) is 18.9 Å². The molecule has 1 fully saturated rings. The van der Waals surface area contributed by atoms with Crippen molar-refractivity contribution in [3.8, 4) is 6.07 Å². The summed E-state index contributed by atoms with van der Waals surface area (Å²) in [4.78, 5) is 14.8. The minimum atomic E-state index is -0.228. The molecule has 0 amide bonds. The predicted molar refractivity (Wildman–Crippen MR) is 88.2 cm³/mol. The second-order valence-electron chi connectivity index (χ2n) is 6.09. The molecule has 2 aromatic rings. The molecule has 120 valence electrons. The van der Waals surface area contributed by atoms with E-state index >= 15 is 0 Å². The monoisotopic (exact) mass is 311 g/mol. The van der Waals surface area contributed by atoms with Crippen LogP contribution in [0.3, 0.4) is 0 Å². The Labute approximate surface area is 135 Å². The molecule has 5 nitrogen and oxygen atoms in total. The van der Waals surface area contributed by atoms with Gasteiger partial charge in [0.05, 0.1) is 25.1 Å². The number of aryl methyl sites for hydroxylation is 1. The highest BCUT2D eigenvalue weighted by atomic mass is 16.3. The van der Waals surface area contributed by atoms with E-state index in [4.69, 9.17) is 5.26 Å². The van der Waals surface area contributed by atoms with Crippen molar-refractivity contribution in [3.63, 3.8) is 0 Å². The van der Waals surface area contributed by atoms with E-state index in [9.17, 15) is 9.90 Å². The minimum absolute atomic E-state index is 0.105. The molecule has 0 radical (unpaired) electrons. The summed E-state index contributed by atoms with van der Waals surface area (Å²) >= 11 is 0. The van der Waals surface area contributed by atoms with Crippen LogP contribution in [-0.2, 0) is 6.54 Å². The van der Waals surface area contributed by atoms with Crippen molar-refractivity contribution in [2.75, 3.05) is 19.6 Å². The molecule has 0 atom stereocenters. The van der Waals surface area contributed by atoms with Gasteiger partial charge in [0.25, 0.3) is 0 Å². The van der Waals surface area contributed by atoms with E-state index in [-0.39, 0.29) is 11.9 Å². The number of nitrogens with zero attached hydrogens (tertiary/aromatic N) is 3. The number of piperidine rings is 1. The maximum absolute atomic E-state index is 12.7. The van der Waals surface area contributed by atoms with Crippen LogP contribution < -0.4 is 0 Å². The molecule has 0 saturated carbocycles. The number of aliphatic hydroxyl groups is 1. The summed E-state index contributed by atoms with van der Waals surface area (Å²) in [6, 6.07) is 9.99. The van der Waals surface area contributed by atoms with Crippen molar-refractivity contribution >= 4 is 16.7 Å². The molecule has 1 aliphatic rings. The summed E-state index contributed by atoms with van der Waals surface area (Å²) in [6.45, 7) is 2.51. The van der Waals surface area contributed by atoms with Crippen LogP contribution >= 0.6 is 0 Å². The number of carbonyl (C=O) groups is 1. The summed E-state index contributed by atoms with van der Waals surface area (Å²) in [5.41, 5.74) is 1.73. The van der Waals surface area contributed by atoms with E-state index in [1.807, 2.05) is 35.0 Å². The van der Waals surface area contributed by atoms with Gasteiger partial charge in [0, 0.05) is 42.3 Å². The smallest absolute Gasteiger partial charge is 0.178 e. The quantitative estimate of drug-likeness (QED) is 0.859. The maximum atomic E-state index is 12.7. The SMILES string of the molecule is N#CCCn1cc(C(=O)CN2CCC(O)CC2)c2ccccc21. The summed E-state index contributed by atoms with van der Waals surface area (Å²) in [5, 5.41) is 19.3. The predicted octanol–water partition coefficient (Wildman–Crippen LogP) is 2.19. The normalized spacial score (nSPS) is 16.5. The Bertz CT molecular complexity index is 736. The first-order valence-corrected chi connectivity index (χ1v) is 8.07. The molecule has 1 aliphatic heterocycles. The zero-order valence-corrected chi connectivity index (χ0v) is 13.1. The molecule has 2 heterocycles. The standard InChI is InChI=1S/C18H21N3O2/c19-8-3-9-21-12-16(15-4-1-2-5-17(15)21)18(23)13-20-10-6-14(22)7-11-20/h1-2,4-5,12,14,22H,3,6-7,9-11,13H2. The first-order valence-electron chi connectivity index (χ1n) is 8.07. The van der Waals surface area contributed by atoms with Crippen molar-refractivity contribution in [1.82, 2.24) is 9.47 Å². The van der Waals surface area contributed by atoms with E-state index in [1.165, 1.54) is 0 Å².